The van der Waals surface area contributed by atoms with Crippen LogP contribution in [0.2, 0.25) is 0 Å². The van der Waals surface area contributed by atoms with E-state index < -0.39 is 0 Å². The van der Waals surface area contributed by atoms with Gasteiger partial charge in [-0.1, -0.05) is 0 Å². The molecule has 2 aromatic rings. The Morgan fingerprint density at radius 3 is 2.90 bits per heavy atom. The van der Waals surface area contributed by atoms with Gasteiger partial charge in [0.05, 0.1) is 18.7 Å². The molecule has 5 nitrogen and oxygen atoms in total. The van der Waals surface area contributed by atoms with Crippen molar-refractivity contribution in [3.63, 3.8) is 0 Å². The van der Waals surface area contributed by atoms with Crippen LogP contribution in [0.15, 0.2) is 30.3 Å². The van der Waals surface area contributed by atoms with Crippen molar-refractivity contribution in [2.24, 2.45) is 0 Å². The molecule has 1 unspecified atom stereocenters. The molecule has 21 heavy (non-hydrogen) atoms. The molecule has 1 aromatic carbocycles. The van der Waals surface area contributed by atoms with Gasteiger partial charge in [-0.3, -0.25) is 4.90 Å². The van der Waals surface area contributed by atoms with Gasteiger partial charge < -0.3 is 15.8 Å². The minimum atomic E-state index is 0.349. The zero-order valence-corrected chi connectivity index (χ0v) is 12.4. The maximum absolute atomic E-state index is 5.79. The molecule has 112 valence electrons. The summed E-state index contributed by atoms with van der Waals surface area (Å²) in [6.07, 6.45) is 0. The van der Waals surface area contributed by atoms with Gasteiger partial charge in [-0.2, -0.15) is 0 Å². The number of hydrogen-bond donors (Lipinski definition) is 2. The normalized spacial score (nSPS) is 17.8. The molecule has 0 aliphatic carbocycles. The number of rotatable bonds is 4. The van der Waals surface area contributed by atoms with E-state index in [1.54, 1.807) is 0 Å². The lowest BCUT2D eigenvalue weighted by Gasteiger charge is -2.29. The first-order valence-electron chi connectivity index (χ1n) is 7.43. The molecule has 3 rings (SSSR count). The quantitative estimate of drug-likeness (QED) is 0.841. The van der Waals surface area contributed by atoms with E-state index in [0.717, 1.165) is 55.3 Å². The largest absolute Gasteiger partial charge is 0.399 e. The van der Waals surface area contributed by atoms with Gasteiger partial charge in [-0.15, -0.1) is 0 Å². The number of hydrogen-bond acceptors (Lipinski definition) is 5. The second kappa shape index (κ2) is 6.28. The monoisotopic (exact) mass is 286 g/mol. The van der Waals surface area contributed by atoms with E-state index in [2.05, 4.69) is 28.2 Å². The van der Waals surface area contributed by atoms with Crippen LogP contribution in [0, 0.1) is 0 Å². The van der Waals surface area contributed by atoms with Crippen molar-refractivity contribution < 1.29 is 4.74 Å². The Kier molecular flexibility index (Phi) is 4.22. The van der Waals surface area contributed by atoms with Crippen molar-refractivity contribution in [2.75, 3.05) is 43.9 Å². The molecule has 1 aliphatic heterocycles. The summed E-state index contributed by atoms with van der Waals surface area (Å²) in [5.74, 6) is 0.910. The zero-order valence-electron chi connectivity index (χ0n) is 12.4. The van der Waals surface area contributed by atoms with Crippen LogP contribution >= 0.6 is 0 Å². The number of anilines is 2. The molecule has 0 radical (unpaired) electrons. The Balaban J connectivity index is 1.65. The Morgan fingerprint density at radius 1 is 1.29 bits per heavy atom. The number of benzene rings is 1. The first-order valence-corrected chi connectivity index (χ1v) is 7.43. The van der Waals surface area contributed by atoms with Gasteiger partial charge in [0.1, 0.15) is 5.82 Å². The van der Waals surface area contributed by atoms with Crippen LogP contribution in [0.3, 0.4) is 0 Å². The smallest absolute Gasteiger partial charge is 0.126 e. The summed E-state index contributed by atoms with van der Waals surface area (Å²) in [4.78, 5) is 7.06. The molecule has 1 saturated heterocycles. The highest BCUT2D eigenvalue weighted by atomic mass is 16.5. The third-order valence-corrected chi connectivity index (χ3v) is 3.74. The first kappa shape index (κ1) is 14.1. The topological polar surface area (TPSA) is 63.4 Å². The number of nitrogen functional groups attached to an aromatic ring is 1. The highest BCUT2D eigenvalue weighted by molar-refractivity contribution is 5.83. The average Bonchev–Trinajstić information content (AvgIpc) is 2.48. The second-order valence-corrected chi connectivity index (χ2v) is 5.61. The van der Waals surface area contributed by atoms with E-state index in [4.69, 9.17) is 10.5 Å². The number of morpholine rings is 1. The van der Waals surface area contributed by atoms with Crippen molar-refractivity contribution in [1.29, 1.82) is 0 Å². The highest BCUT2D eigenvalue weighted by Gasteiger charge is 2.13. The number of ether oxygens (including phenoxy) is 1. The number of nitrogens with one attached hydrogen (secondary N) is 1. The maximum atomic E-state index is 5.79. The fraction of sp³-hybridized carbons (Fsp3) is 0.438. The first-order chi connectivity index (χ1) is 10.2. The molecule has 1 aromatic heterocycles. The molecule has 5 heteroatoms. The Morgan fingerprint density at radius 2 is 2.10 bits per heavy atom. The third kappa shape index (κ3) is 3.62. The Labute approximate surface area is 125 Å². The SMILES string of the molecule is CC(CN1CCOCC1)Nc1ccc2cc(N)ccc2n1. The van der Waals surface area contributed by atoms with E-state index in [1.807, 2.05) is 24.3 Å². The standard InChI is InChI=1S/C16H22N4O/c1-12(11-20-6-8-21-9-7-20)18-16-5-2-13-10-14(17)3-4-15(13)19-16/h2-5,10,12H,6-9,11,17H2,1H3,(H,18,19). The summed E-state index contributed by atoms with van der Waals surface area (Å²) in [7, 11) is 0. The molecule has 2 heterocycles. The minimum absolute atomic E-state index is 0.349. The van der Waals surface area contributed by atoms with Crippen molar-refractivity contribution in [2.45, 2.75) is 13.0 Å². The van der Waals surface area contributed by atoms with Gasteiger partial charge in [0, 0.05) is 36.7 Å². The van der Waals surface area contributed by atoms with Gasteiger partial charge in [0.25, 0.3) is 0 Å². The fourth-order valence-corrected chi connectivity index (χ4v) is 2.69. The van der Waals surface area contributed by atoms with Crippen LogP contribution in [0.1, 0.15) is 6.92 Å². The van der Waals surface area contributed by atoms with Crippen LogP contribution in [0.25, 0.3) is 10.9 Å². The van der Waals surface area contributed by atoms with Crippen LogP contribution in [-0.2, 0) is 4.74 Å². The second-order valence-electron chi connectivity index (χ2n) is 5.61. The summed E-state index contributed by atoms with van der Waals surface area (Å²) in [6.45, 7) is 6.88. The van der Waals surface area contributed by atoms with E-state index in [9.17, 15) is 0 Å². The minimum Gasteiger partial charge on any atom is -0.399 e. The molecule has 1 aliphatic rings. The van der Waals surface area contributed by atoms with Gasteiger partial charge >= 0.3 is 0 Å². The molecule has 0 saturated carbocycles. The van der Waals surface area contributed by atoms with Crippen LogP contribution in [-0.4, -0.2) is 48.8 Å². The van der Waals surface area contributed by atoms with E-state index in [0.29, 0.717) is 6.04 Å². The fourth-order valence-electron chi connectivity index (χ4n) is 2.69. The third-order valence-electron chi connectivity index (χ3n) is 3.74. The van der Waals surface area contributed by atoms with Crippen molar-refractivity contribution in [3.8, 4) is 0 Å². The van der Waals surface area contributed by atoms with Crippen LogP contribution < -0.4 is 11.1 Å². The van der Waals surface area contributed by atoms with E-state index in [1.165, 1.54) is 0 Å². The lowest BCUT2D eigenvalue weighted by Crippen LogP contribution is -2.42. The van der Waals surface area contributed by atoms with Gasteiger partial charge in [0.15, 0.2) is 0 Å². The molecule has 1 fully saturated rings. The predicted molar refractivity (Wildman–Crippen MR) is 86.5 cm³/mol. The molecule has 0 spiro atoms. The van der Waals surface area contributed by atoms with Crippen molar-refractivity contribution in [3.05, 3.63) is 30.3 Å². The summed E-state index contributed by atoms with van der Waals surface area (Å²) in [5.41, 5.74) is 7.52. The van der Waals surface area contributed by atoms with E-state index >= 15 is 0 Å². The van der Waals surface area contributed by atoms with Crippen molar-refractivity contribution in [1.82, 2.24) is 9.88 Å². The van der Waals surface area contributed by atoms with Gasteiger partial charge in [-0.05, 0) is 37.3 Å². The van der Waals surface area contributed by atoms with Gasteiger partial charge in [-0.25, -0.2) is 4.98 Å². The van der Waals surface area contributed by atoms with Crippen LogP contribution in [0.4, 0.5) is 11.5 Å². The number of fused-ring (bicyclic) bond motifs is 1. The summed E-state index contributed by atoms with van der Waals surface area (Å²) >= 11 is 0. The number of nitrogens with zero attached hydrogens (tertiary/aromatic N) is 2. The molecular weight excluding hydrogens is 264 g/mol. The molecule has 0 amide bonds. The molecule has 1 atom stereocenters. The predicted octanol–water partition coefficient (Wildman–Crippen LogP) is 1.95. The highest BCUT2D eigenvalue weighted by Crippen LogP contribution is 2.18. The van der Waals surface area contributed by atoms with Gasteiger partial charge in [0.2, 0.25) is 0 Å². The maximum Gasteiger partial charge on any atom is 0.126 e. The lowest BCUT2D eigenvalue weighted by atomic mass is 10.2. The summed E-state index contributed by atoms with van der Waals surface area (Å²) in [5, 5.41) is 4.54. The number of nitrogens with two attached hydrogens (primary N) is 1. The average molecular weight is 286 g/mol. The summed E-state index contributed by atoms with van der Waals surface area (Å²) in [6, 6.07) is 10.2. The Bertz CT molecular complexity index is 610. The zero-order chi connectivity index (χ0) is 14.7. The molecular formula is C16H22N4O. The number of pyridine rings is 1. The number of aromatic nitrogens is 1. The summed E-state index contributed by atoms with van der Waals surface area (Å²) < 4.78 is 5.37. The van der Waals surface area contributed by atoms with Crippen LogP contribution in [0.5, 0.6) is 0 Å². The molecule has 3 N–H and O–H groups in total. The Hall–Kier alpha value is -1.85. The van der Waals surface area contributed by atoms with E-state index in [-0.39, 0.29) is 0 Å². The molecule has 0 bridgehead atoms. The lowest BCUT2D eigenvalue weighted by molar-refractivity contribution is 0.0368. The van der Waals surface area contributed by atoms with Crippen molar-refractivity contribution >= 4 is 22.4 Å².